The molecule has 0 aromatic heterocycles. The summed E-state index contributed by atoms with van der Waals surface area (Å²) in [6.07, 6.45) is 10.4. The van der Waals surface area contributed by atoms with Crippen molar-refractivity contribution < 1.29 is 9.90 Å². The lowest BCUT2D eigenvalue weighted by molar-refractivity contribution is -0.122. The molecular formula is C10H20O2. The Bertz CT molecular complexity index is 93.3. The third-order valence-electron chi connectivity index (χ3n) is 2.42. The van der Waals surface area contributed by atoms with Crippen molar-refractivity contribution in [1.29, 1.82) is 0 Å². The van der Waals surface area contributed by atoms with Gasteiger partial charge in [0.1, 0.15) is 0 Å². The summed E-state index contributed by atoms with van der Waals surface area (Å²) in [6.45, 7) is 2.05. The molecule has 0 amide bonds. The van der Waals surface area contributed by atoms with Crippen LogP contribution in [-0.2, 0) is 4.79 Å². The Balaban J connectivity index is 0.000000354. The maximum atomic E-state index is 8.36. The van der Waals surface area contributed by atoms with Crippen LogP contribution in [0.25, 0.3) is 0 Å². The van der Waals surface area contributed by atoms with Gasteiger partial charge in [-0.15, -0.1) is 0 Å². The van der Waals surface area contributed by atoms with Crippen LogP contribution in [0, 0.1) is 5.92 Å². The van der Waals surface area contributed by atoms with E-state index in [1.807, 2.05) is 0 Å². The first-order chi connectivity index (χ1) is 5.85. The summed E-state index contributed by atoms with van der Waals surface area (Å²) >= 11 is 0. The SMILES string of the molecule is CCCC1CCCCC1.O=CO. The van der Waals surface area contributed by atoms with Crippen molar-refractivity contribution >= 4 is 6.47 Å². The molecule has 1 aliphatic rings. The maximum absolute atomic E-state index is 8.36. The summed E-state index contributed by atoms with van der Waals surface area (Å²) in [7, 11) is 0. The van der Waals surface area contributed by atoms with Gasteiger partial charge in [-0.2, -0.15) is 0 Å². The molecule has 0 heterocycles. The normalized spacial score (nSPS) is 17.8. The molecule has 0 aromatic rings. The fourth-order valence-corrected chi connectivity index (χ4v) is 1.88. The van der Waals surface area contributed by atoms with Crippen LogP contribution in [0.3, 0.4) is 0 Å². The lowest BCUT2D eigenvalue weighted by Gasteiger charge is -2.20. The topological polar surface area (TPSA) is 37.3 Å². The Labute approximate surface area is 75.0 Å². The fraction of sp³-hybridized carbons (Fsp3) is 0.900. The molecule has 0 radical (unpaired) electrons. The predicted molar refractivity (Wildman–Crippen MR) is 50.2 cm³/mol. The van der Waals surface area contributed by atoms with E-state index in [-0.39, 0.29) is 6.47 Å². The molecule has 2 nitrogen and oxygen atoms in total. The lowest BCUT2D eigenvalue weighted by atomic mass is 9.86. The zero-order valence-corrected chi connectivity index (χ0v) is 7.96. The molecular weight excluding hydrogens is 152 g/mol. The first kappa shape index (κ1) is 11.5. The largest absolute Gasteiger partial charge is 0.483 e. The van der Waals surface area contributed by atoms with Gasteiger partial charge in [0.2, 0.25) is 0 Å². The molecule has 1 fully saturated rings. The van der Waals surface area contributed by atoms with Gasteiger partial charge < -0.3 is 5.11 Å². The fourth-order valence-electron chi connectivity index (χ4n) is 1.88. The number of carboxylic acid groups (broad SMARTS) is 1. The van der Waals surface area contributed by atoms with Gasteiger partial charge in [0.15, 0.2) is 0 Å². The number of hydrogen-bond donors (Lipinski definition) is 1. The minimum absolute atomic E-state index is 0.250. The van der Waals surface area contributed by atoms with Crippen LogP contribution in [0.5, 0.6) is 0 Å². The maximum Gasteiger partial charge on any atom is 0.290 e. The molecule has 0 aliphatic heterocycles. The van der Waals surface area contributed by atoms with E-state index >= 15 is 0 Å². The molecule has 1 aliphatic carbocycles. The molecule has 0 atom stereocenters. The Morgan fingerprint density at radius 1 is 1.33 bits per heavy atom. The standard InChI is InChI=1S/C9H18.CH2O2/c1-2-6-9-7-4-3-5-8-9;2-1-3/h9H,2-8H2,1H3;1H,(H,2,3). The van der Waals surface area contributed by atoms with Crippen molar-refractivity contribution in [2.24, 2.45) is 5.92 Å². The third kappa shape index (κ3) is 6.20. The molecule has 0 saturated heterocycles. The van der Waals surface area contributed by atoms with Crippen molar-refractivity contribution in [1.82, 2.24) is 0 Å². The van der Waals surface area contributed by atoms with Gasteiger partial charge in [0, 0.05) is 0 Å². The Morgan fingerprint density at radius 2 is 1.83 bits per heavy atom. The van der Waals surface area contributed by atoms with Crippen LogP contribution < -0.4 is 0 Å². The molecule has 0 bridgehead atoms. The molecule has 12 heavy (non-hydrogen) atoms. The highest BCUT2D eigenvalue weighted by atomic mass is 16.3. The molecule has 0 unspecified atom stereocenters. The van der Waals surface area contributed by atoms with E-state index in [1.54, 1.807) is 0 Å². The zero-order chi connectivity index (χ0) is 9.23. The van der Waals surface area contributed by atoms with Crippen molar-refractivity contribution in [3.05, 3.63) is 0 Å². The second kappa shape index (κ2) is 8.57. The Morgan fingerprint density at radius 3 is 2.25 bits per heavy atom. The van der Waals surface area contributed by atoms with E-state index in [2.05, 4.69) is 6.92 Å². The van der Waals surface area contributed by atoms with Gasteiger partial charge in [-0.3, -0.25) is 4.79 Å². The lowest BCUT2D eigenvalue weighted by Crippen LogP contribution is -2.04. The highest BCUT2D eigenvalue weighted by Crippen LogP contribution is 2.26. The minimum Gasteiger partial charge on any atom is -0.483 e. The van der Waals surface area contributed by atoms with Crippen LogP contribution in [0.2, 0.25) is 0 Å². The van der Waals surface area contributed by atoms with Gasteiger partial charge in [-0.05, 0) is 5.92 Å². The molecule has 1 N–H and O–H groups in total. The monoisotopic (exact) mass is 172 g/mol. The molecule has 1 saturated carbocycles. The van der Waals surface area contributed by atoms with E-state index in [1.165, 1.54) is 44.9 Å². The summed E-state index contributed by atoms with van der Waals surface area (Å²) in [5.41, 5.74) is 0. The molecule has 1 rings (SSSR count). The quantitative estimate of drug-likeness (QED) is 0.650. The second-order valence-corrected chi connectivity index (χ2v) is 3.40. The Hall–Kier alpha value is -0.530. The van der Waals surface area contributed by atoms with Gasteiger partial charge in [0.05, 0.1) is 0 Å². The first-order valence-electron chi connectivity index (χ1n) is 4.93. The molecule has 72 valence electrons. The van der Waals surface area contributed by atoms with E-state index in [0.29, 0.717) is 0 Å². The summed E-state index contributed by atoms with van der Waals surface area (Å²) < 4.78 is 0. The van der Waals surface area contributed by atoms with Crippen molar-refractivity contribution in [3.63, 3.8) is 0 Å². The molecule has 2 heteroatoms. The minimum atomic E-state index is -0.250. The highest BCUT2D eigenvalue weighted by Gasteiger charge is 2.10. The average molecular weight is 172 g/mol. The van der Waals surface area contributed by atoms with Crippen LogP contribution in [0.4, 0.5) is 0 Å². The Kier molecular flexibility index (Phi) is 8.19. The molecule has 0 spiro atoms. The van der Waals surface area contributed by atoms with Gasteiger partial charge >= 0.3 is 0 Å². The molecule has 0 aromatic carbocycles. The highest BCUT2D eigenvalue weighted by molar-refractivity contribution is 5.32. The van der Waals surface area contributed by atoms with E-state index in [9.17, 15) is 0 Å². The van der Waals surface area contributed by atoms with Crippen molar-refractivity contribution in [2.75, 3.05) is 0 Å². The van der Waals surface area contributed by atoms with Crippen LogP contribution >= 0.6 is 0 Å². The van der Waals surface area contributed by atoms with Gasteiger partial charge in [-0.25, -0.2) is 0 Å². The van der Waals surface area contributed by atoms with Crippen molar-refractivity contribution in [2.45, 2.75) is 51.9 Å². The van der Waals surface area contributed by atoms with Gasteiger partial charge in [0.25, 0.3) is 6.47 Å². The number of rotatable bonds is 2. The third-order valence-corrected chi connectivity index (χ3v) is 2.42. The summed E-state index contributed by atoms with van der Waals surface area (Å²) in [5, 5.41) is 6.89. The van der Waals surface area contributed by atoms with Crippen LogP contribution in [0.1, 0.15) is 51.9 Å². The number of hydrogen-bond acceptors (Lipinski definition) is 1. The van der Waals surface area contributed by atoms with Crippen LogP contribution in [-0.4, -0.2) is 11.6 Å². The summed E-state index contributed by atoms with van der Waals surface area (Å²) in [4.78, 5) is 8.36. The smallest absolute Gasteiger partial charge is 0.290 e. The summed E-state index contributed by atoms with van der Waals surface area (Å²) in [6, 6.07) is 0. The zero-order valence-electron chi connectivity index (χ0n) is 7.96. The average Bonchev–Trinajstić information content (AvgIpc) is 2.08. The van der Waals surface area contributed by atoms with Gasteiger partial charge in [-0.1, -0.05) is 51.9 Å². The van der Waals surface area contributed by atoms with E-state index in [0.717, 1.165) is 5.92 Å². The van der Waals surface area contributed by atoms with E-state index < -0.39 is 0 Å². The first-order valence-corrected chi connectivity index (χ1v) is 4.93. The van der Waals surface area contributed by atoms with E-state index in [4.69, 9.17) is 9.90 Å². The van der Waals surface area contributed by atoms with Crippen LogP contribution in [0.15, 0.2) is 0 Å². The summed E-state index contributed by atoms with van der Waals surface area (Å²) in [5.74, 6) is 1.10. The predicted octanol–water partition coefficient (Wildman–Crippen LogP) is 3.07. The van der Waals surface area contributed by atoms with Crippen molar-refractivity contribution in [3.8, 4) is 0 Å². The second-order valence-electron chi connectivity index (χ2n) is 3.40. The number of carbonyl (C=O) groups is 1.